The van der Waals surface area contributed by atoms with E-state index in [2.05, 4.69) is 19.4 Å². The summed E-state index contributed by atoms with van der Waals surface area (Å²) in [5, 5.41) is 40.2. The van der Waals surface area contributed by atoms with Crippen LogP contribution < -0.4 is 0 Å². The lowest BCUT2D eigenvalue weighted by atomic mass is 9.71. The first kappa shape index (κ1) is 29.3. The minimum absolute atomic E-state index is 0.297. The van der Waals surface area contributed by atoms with Crippen molar-refractivity contribution in [2.45, 2.75) is 33.2 Å². The van der Waals surface area contributed by atoms with E-state index in [1.807, 2.05) is 0 Å². The summed E-state index contributed by atoms with van der Waals surface area (Å²) < 4.78 is 0. The van der Waals surface area contributed by atoms with E-state index in [1.165, 1.54) is 27.7 Å². The fourth-order valence-corrected chi connectivity index (χ4v) is 3.90. The molecule has 4 unspecified atom stereocenters. The molecule has 1 saturated heterocycles. The van der Waals surface area contributed by atoms with Crippen LogP contribution in [0.25, 0.3) is 0 Å². The first-order valence-corrected chi connectivity index (χ1v) is 10.2. The Hall–Kier alpha value is -3.77. The molecule has 35 heavy (non-hydrogen) atoms. The summed E-state index contributed by atoms with van der Waals surface area (Å²) in [7, 11) is 0. The van der Waals surface area contributed by atoms with Crippen molar-refractivity contribution in [1.82, 2.24) is 5.06 Å². The van der Waals surface area contributed by atoms with Gasteiger partial charge in [0.25, 0.3) is 20.3 Å². The van der Waals surface area contributed by atoms with Crippen molar-refractivity contribution in [2.75, 3.05) is 33.0 Å². The molecule has 19 nitrogen and oxygen atoms in total. The van der Waals surface area contributed by atoms with Gasteiger partial charge in [-0.3, -0.25) is 4.79 Å². The lowest BCUT2D eigenvalue weighted by Crippen LogP contribution is -2.54. The van der Waals surface area contributed by atoms with E-state index >= 15 is 0 Å². The quantitative estimate of drug-likeness (QED) is 0.227. The molecule has 1 rings (SSSR count). The Morgan fingerprint density at radius 3 is 1.71 bits per heavy atom. The average Bonchev–Trinajstić information content (AvgIpc) is 2.80. The molecule has 0 spiro atoms. The molecule has 1 aliphatic heterocycles. The van der Waals surface area contributed by atoms with E-state index in [9.17, 15) is 45.3 Å². The van der Waals surface area contributed by atoms with Gasteiger partial charge in [0.2, 0.25) is 0 Å². The summed E-state index contributed by atoms with van der Waals surface area (Å²) in [6, 6.07) is 0. The highest BCUT2D eigenvalue weighted by atomic mass is 17.0. The van der Waals surface area contributed by atoms with E-state index in [0.29, 0.717) is 0 Å². The molecule has 4 atom stereocenters. The molecular formula is C16H27N5O14. The van der Waals surface area contributed by atoms with E-state index in [0.717, 1.165) is 5.06 Å². The molecule has 19 heteroatoms. The third-order valence-corrected chi connectivity index (χ3v) is 5.79. The third-order valence-electron chi connectivity index (χ3n) is 5.79. The molecule has 0 aromatic carbocycles. The standard InChI is InChI=1S/C16H27N5O14/c1-10(2)15(22)35-17-5-11(6-31-18(23)24)12(7-32-19(25)26)13(8-33-20(27)28)14(16(17,3)4)9-34-21(29)30/h10-14H,5-9H2,1-4H3. The van der Waals surface area contributed by atoms with Crippen LogP contribution in [0.5, 0.6) is 0 Å². The summed E-state index contributed by atoms with van der Waals surface area (Å²) in [6.07, 6.45) is 0. The normalized spacial score (nSPS) is 24.0. The molecule has 0 radical (unpaired) electrons. The van der Waals surface area contributed by atoms with Gasteiger partial charge < -0.3 is 24.2 Å². The van der Waals surface area contributed by atoms with Crippen LogP contribution in [0.2, 0.25) is 0 Å². The number of hydrogen-bond acceptors (Lipinski definition) is 15. The summed E-state index contributed by atoms with van der Waals surface area (Å²) in [5.41, 5.74) is -1.35. The fourth-order valence-electron chi connectivity index (χ4n) is 3.90. The second kappa shape index (κ2) is 12.6. The Morgan fingerprint density at radius 2 is 1.26 bits per heavy atom. The monoisotopic (exact) mass is 513 g/mol. The number of carbonyl (C=O) groups is 1. The minimum atomic E-state index is -1.35. The average molecular weight is 513 g/mol. The highest BCUT2D eigenvalue weighted by Crippen LogP contribution is 2.43. The number of hydroxylamine groups is 2. The molecule has 0 bridgehead atoms. The van der Waals surface area contributed by atoms with Crippen molar-refractivity contribution in [3.8, 4) is 0 Å². The Balaban J connectivity index is 3.62. The zero-order chi connectivity index (χ0) is 26.9. The molecule has 0 amide bonds. The SMILES string of the molecule is CC(C)C(=O)ON1CC(CO[N+](=O)[O-])C(CO[N+](=O)[O-])C(CO[N+](=O)[O-])C(CO[N+](=O)[O-])C1(C)C. The smallest absolute Gasteiger partial charge is 0.327 e. The molecular weight excluding hydrogens is 486 g/mol. The Bertz CT molecular complexity index is 793. The second-order valence-electron chi connectivity index (χ2n) is 8.55. The van der Waals surface area contributed by atoms with E-state index < -0.39 is 87.9 Å². The van der Waals surface area contributed by atoms with Gasteiger partial charge in [-0.05, 0) is 25.7 Å². The largest absolute Gasteiger partial charge is 0.367 e. The van der Waals surface area contributed by atoms with Crippen molar-refractivity contribution in [3.63, 3.8) is 0 Å². The van der Waals surface area contributed by atoms with Gasteiger partial charge in [-0.15, -0.1) is 45.5 Å². The van der Waals surface area contributed by atoms with E-state index in [1.54, 1.807) is 0 Å². The summed E-state index contributed by atoms with van der Waals surface area (Å²) >= 11 is 0. The lowest BCUT2D eigenvalue weighted by molar-refractivity contribution is -0.768. The van der Waals surface area contributed by atoms with Crippen LogP contribution in [0.1, 0.15) is 27.7 Å². The van der Waals surface area contributed by atoms with Crippen LogP contribution in [-0.2, 0) is 29.0 Å². The van der Waals surface area contributed by atoms with Gasteiger partial charge in [0.15, 0.2) is 0 Å². The predicted octanol–water partition coefficient (Wildman–Crippen LogP) is 0.493. The van der Waals surface area contributed by atoms with Crippen LogP contribution >= 0.6 is 0 Å². The highest BCUT2D eigenvalue weighted by Gasteiger charge is 2.52. The first-order chi connectivity index (χ1) is 16.2. The number of rotatable bonds is 14. The Morgan fingerprint density at radius 1 is 0.829 bits per heavy atom. The zero-order valence-corrected chi connectivity index (χ0v) is 19.4. The van der Waals surface area contributed by atoms with Gasteiger partial charge in [0, 0.05) is 18.4 Å². The number of hydrogen-bond donors (Lipinski definition) is 0. The van der Waals surface area contributed by atoms with Gasteiger partial charge in [0.05, 0.1) is 11.5 Å². The highest BCUT2D eigenvalue weighted by molar-refractivity contribution is 5.71. The Labute approximate surface area is 197 Å². The summed E-state index contributed by atoms with van der Waals surface area (Å²) in [4.78, 5) is 79.4. The van der Waals surface area contributed by atoms with Gasteiger partial charge in [-0.25, -0.2) is 0 Å². The second-order valence-corrected chi connectivity index (χ2v) is 8.55. The minimum Gasteiger partial charge on any atom is -0.367 e. The maximum atomic E-state index is 12.4. The van der Waals surface area contributed by atoms with Crippen LogP contribution in [0.3, 0.4) is 0 Å². The molecule has 1 fully saturated rings. The van der Waals surface area contributed by atoms with Gasteiger partial charge in [0.1, 0.15) is 26.4 Å². The van der Waals surface area contributed by atoms with Crippen LogP contribution in [0.15, 0.2) is 0 Å². The van der Waals surface area contributed by atoms with Gasteiger partial charge in [-0.2, -0.15) is 0 Å². The molecule has 1 aliphatic rings. The molecule has 200 valence electrons. The van der Waals surface area contributed by atoms with Crippen molar-refractivity contribution in [3.05, 3.63) is 40.5 Å². The molecule has 1 heterocycles. The van der Waals surface area contributed by atoms with Crippen molar-refractivity contribution in [2.24, 2.45) is 29.6 Å². The first-order valence-electron chi connectivity index (χ1n) is 10.2. The summed E-state index contributed by atoms with van der Waals surface area (Å²) in [6.45, 7) is 2.98. The maximum Gasteiger partial charge on any atom is 0.327 e. The molecule has 0 N–H and O–H groups in total. The molecule has 0 saturated carbocycles. The molecule has 0 aliphatic carbocycles. The fraction of sp³-hybridized carbons (Fsp3) is 0.938. The zero-order valence-electron chi connectivity index (χ0n) is 19.4. The lowest BCUT2D eigenvalue weighted by Gasteiger charge is -2.43. The molecule has 0 aromatic heterocycles. The topological polar surface area (TPSA) is 239 Å². The van der Waals surface area contributed by atoms with Crippen molar-refractivity contribution in [1.29, 1.82) is 0 Å². The van der Waals surface area contributed by atoms with E-state index in [4.69, 9.17) is 4.84 Å². The summed E-state index contributed by atoms with van der Waals surface area (Å²) in [5.74, 6) is -5.72. The van der Waals surface area contributed by atoms with Gasteiger partial charge >= 0.3 is 5.97 Å². The van der Waals surface area contributed by atoms with Crippen molar-refractivity contribution >= 4 is 5.97 Å². The van der Waals surface area contributed by atoms with Gasteiger partial charge in [-0.1, -0.05) is 13.8 Å². The van der Waals surface area contributed by atoms with Crippen molar-refractivity contribution < 1.29 is 49.3 Å². The van der Waals surface area contributed by atoms with Crippen LogP contribution in [-0.4, -0.2) is 69.9 Å². The third kappa shape index (κ3) is 8.83. The van der Waals surface area contributed by atoms with E-state index in [-0.39, 0.29) is 6.54 Å². The van der Waals surface area contributed by atoms with Crippen LogP contribution in [0.4, 0.5) is 0 Å². The number of nitrogens with zero attached hydrogens (tertiary/aromatic N) is 5. The van der Waals surface area contributed by atoms with Crippen LogP contribution in [0, 0.1) is 70.0 Å². The number of carbonyl (C=O) groups excluding carboxylic acids is 1. The molecule has 0 aromatic rings. The predicted molar refractivity (Wildman–Crippen MR) is 107 cm³/mol. The Kier molecular flexibility index (Phi) is 10.6. The maximum absolute atomic E-state index is 12.4.